The molecule has 1 fully saturated rings. The van der Waals surface area contributed by atoms with Gasteiger partial charge in [0, 0.05) is 40.4 Å². The predicted molar refractivity (Wildman–Crippen MR) is 83.3 cm³/mol. The molecule has 0 spiro atoms. The van der Waals surface area contributed by atoms with Crippen LogP contribution in [0.15, 0.2) is 4.99 Å². The lowest BCUT2D eigenvalue weighted by atomic mass is 9.93. The average Bonchev–Trinajstić information content (AvgIpc) is 2.77. The molecule has 1 heterocycles. The summed E-state index contributed by atoms with van der Waals surface area (Å²) in [5.74, 6) is 1.04. The van der Waals surface area contributed by atoms with E-state index in [1.165, 1.54) is 6.42 Å². The highest BCUT2D eigenvalue weighted by Crippen LogP contribution is 2.28. The van der Waals surface area contributed by atoms with Crippen LogP contribution in [0.5, 0.6) is 0 Å². The Labute approximate surface area is 123 Å². The molecule has 0 aromatic rings. The van der Waals surface area contributed by atoms with Crippen molar-refractivity contribution in [3.63, 3.8) is 0 Å². The van der Waals surface area contributed by atoms with E-state index >= 15 is 0 Å². The minimum Gasteiger partial charge on any atom is -0.382 e. The van der Waals surface area contributed by atoms with Gasteiger partial charge >= 0.3 is 0 Å². The Balaban J connectivity index is 2.08. The van der Waals surface area contributed by atoms with Crippen molar-refractivity contribution in [3.8, 4) is 0 Å². The highest BCUT2D eigenvalue weighted by atomic mass is 16.5. The Kier molecular flexibility index (Phi) is 7.92. The van der Waals surface area contributed by atoms with E-state index in [-0.39, 0.29) is 0 Å². The summed E-state index contributed by atoms with van der Waals surface area (Å²) in [6.45, 7) is 9.95. The molecule has 20 heavy (non-hydrogen) atoms. The third-order valence-corrected chi connectivity index (χ3v) is 3.62. The fourth-order valence-electron chi connectivity index (χ4n) is 2.40. The van der Waals surface area contributed by atoms with Crippen molar-refractivity contribution in [2.24, 2.45) is 10.4 Å². The highest BCUT2D eigenvalue weighted by molar-refractivity contribution is 5.80. The first-order valence-electron chi connectivity index (χ1n) is 7.61. The molecule has 0 amide bonds. The summed E-state index contributed by atoms with van der Waals surface area (Å²) in [4.78, 5) is 6.73. The lowest BCUT2D eigenvalue weighted by Gasteiger charge is -2.23. The molecule has 5 nitrogen and oxygen atoms in total. The van der Waals surface area contributed by atoms with E-state index in [9.17, 15) is 0 Å². The van der Waals surface area contributed by atoms with Gasteiger partial charge in [-0.25, -0.2) is 0 Å². The number of nitrogens with zero attached hydrogens (tertiary/aromatic N) is 2. The van der Waals surface area contributed by atoms with E-state index in [4.69, 9.17) is 9.47 Å². The normalized spacial score (nSPS) is 18.6. The van der Waals surface area contributed by atoms with Crippen LogP contribution in [0.25, 0.3) is 0 Å². The second-order valence-corrected chi connectivity index (χ2v) is 6.12. The maximum absolute atomic E-state index is 5.44. The van der Waals surface area contributed by atoms with E-state index in [1.807, 2.05) is 7.05 Å². The zero-order chi connectivity index (χ0) is 14.8. The van der Waals surface area contributed by atoms with E-state index in [1.54, 1.807) is 7.11 Å². The first-order valence-corrected chi connectivity index (χ1v) is 7.61. The molecule has 0 aliphatic carbocycles. The monoisotopic (exact) mass is 285 g/mol. The first-order chi connectivity index (χ1) is 9.59. The van der Waals surface area contributed by atoms with Crippen LogP contribution in [0.1, 0.15) is 33.1 Å². The second kappa shape index (κ2) is 9.19. The summed E-state index contributed by atoms with van der Waals surface area (Å²) in [5, 5.41) is 3.45. The molecule has 5 heteroatoms. The van der Waals surface area contributed by atoms with Crippen molar-refractivity contribution >= 4 is 5.96 Å². The number of nitrogens with one attached hydrogen (secondary N) is 1. The smallest absolute Gasteiger partial charge is 0.193 e. The summed E-state index contributed by atoms with van der Waals surface area (Å²) in [6, 6.07) is 0. The van der Waals surface area contributed by atoms with Crippen LogP contribution in [0.4, 0.5) is 0 Å². The topological polar surface area (TPSA) is 46.1 Å². The van der Waals surface area contributed by atoms with Crippen molar-refractivity contribution in [2.45, 2.75) is 33.1 Å². The van der Waals surface area contributed by atoms with E-state index in [0.29, 0.717) is 18.6 Å². The summed E-state index contributed by atoms with van der Waals surface area (Å²) in [5.41, 5.74) is 0.410. The van der Waals surface area contributed by atoms with Gasteiger partial charge in [-0.15, -0.1) is 0 Å². The molecule has 118 valence electrons. The van der Waals surface area contributed by atoms with Crippen LogP contribution in [-0.2, 0) is 9.47 Å². The molecule has 1 rings (SSSR count). The number of aliphatic imine (C=N–C) groups is 1. The number of hydrogen-bond donors (Lipinski definition) is 1. The van der Waals surface area contributed by atoms with Crippen LogP contribution in [0.3, 0.4) is 0 Å². The fraction of sp³-hybridized carbons (Fsp3) is 0.933. The minimum atomic E-state index is 0.410. The lowest BCUT2D eigenvalue weighted by molar-refractivity contribution is 0.0689. The SMILES string of the molecule is CN=C(NCCCCOCCOC)N1CCC(C)(C)C1. The van der Waals surface area contributed by atoms with Crippen molar-refractivity contribution in [1.82, 2.24) is 10.2 Å². The van der Waals surface area contributed by atoms with Crippen molar-refractivity contribution in [3.05, 3.63) is 0 Å². The number of hydrogen-bond acceptors (Lipinski definition) is 3. The molecular formula is C15H31N3O2. The molecular weight excluding hydrogens is 254 g/mol. The largest absolute Gasteiger partial charge is 0.382 e. The Hall–Kier alpha value is -0.810. The molecule has 1 aliphatic rings. The molecule has 0 atom stereocenters. The number of guanidine groups is 1. The zero-order valence-corrected chi connectivity index (χ0v) is 13.6. The van der Waals surface area contributed by atoms with Gasteiger partial charge in [-0.3, -0.25) is 4.99 Å². The molecule has 0 aromatic heterocycles. The van der Waals surface area contributed by atoms with Gasteiger partial charge in [0.2, 0.25) is 0 Å². The molecule has 0 unspecified atom stereocenters. The van der Waals surface area contributed by atoms with Crippen LogP contribution in [0, 0.1) is 5.41 Å². The van der Waals surface area contributed by atoms with Crippen LogP contribution in [-0.4, -0.2) is 64.5 Å². The zero-order valence-electron chi connectivity index (χ0n) is 13.6. The third-order valence-electron chi connectivity index (χ3n) is 3.62. The molecule has 0 saturated carbocycles. The van der Waals surface area contributed by atoms with E-state index in [0.717, 1.165) is 45.0 Å². The fourth-order valence-corrected chi connectivity index (χ4v) is 2.40. The van der Waals surface area contributed by atoms with Crippen molar-refractivity contribution < 1.29 is 9.47 Å². The van der Waals surface area contributed by atoms with Crippen molar-refractivity contribution in [1.29, 1.82) is 0 Å². The molecule has 1 N–H and O–H groups in total. The summed E-state index contributed by atoms with van der Waals surface area (Å²) in [7, 11) is 3.56. The first kappa shape index (κ1) is 17.2. The van der Waals surface area contributed by atoms with Gasteiger partial charge in [0.05, 0.1) is 13.2 Å². The Morgan fingerprint density at radius 3 is 2.65 bits per heavy atom. The molecule has 0 aromatic carbocycles. The van der Waals surface area contributed by atoms with Gasteiger partial charge in [0.15, 0.2) is 5.96 Å². The van der Waals surface area contributed by atoms with Gasteiger partial charge in [-0.05, 0) is 24.7 Å². The van der Waals surface area contributed by atoms with Crippen molar-refractivity contribution in [2.75, 3.05) is 53.6 Å². The van der Waals surface area contributed by atoms with Gasteiger partial charge in [-0.2, -0.15) is 0 Å². The summed E-state index contributed by atoms with van der Waals surface area (Å²) < 4.78 is 10.4. The lowest BCUT2D eigenvalue weighted by Crippen LogP contribution is -2.41. The maximum atomic E-state index is 5.44. The standard InChI is InChI=1S/C15H31N3O2/c1-15(2)7-9-18(13-15)14(16-3)17-8-5-6-10-20-12-11-19-4/h5-13H2,1-4H3,(H,16,17). The molecule has 0 bridgehead atoms. The molecule has 0 radical (unpaired) electrons. The predicted octanol–water partition coefficient (Wildman–Crippen LogP) is 1.74. The summed E-state index contributed by atoms with van der Waals surface area (Å²) in [6.07, 6.45) is 3.41. The Morgan fingerprint density at radius 2 is 2.05 bits per heavy atom. The number of rotatable bonds is 8. The van der Waals surface area contributed by atoms with E-state index < -0.39 is 0 Å². The number of ether oxygens (including phenoxy) is 2. The maximum Gasteiger partial charge on any atom is 0.193 e. The second-order valence-electron chi connectivity index (χ2n) is 6.12. The highest BCUT2D eigenvalue weighted by Gasteiger charge is 2.30. The number of likely N-dealkylation sites (tertiary alicyclic amines) is 1. The number of methoxy groups -OCH3 is 1. The Morgan fingerprint density at radius 1 is 1.25 bits per heavy atom. The van der Waals surface area contributed by atoms with Gasteiger partial charge in [0.1, 0.15) is 0 Å². The van der Waals surface area contributed by atoms with Gasteiger partial charge in [-0.1, -0.05) is 13.8 Å². The van der Waals surface area contributed by atoms with Gasteiger partial charge < -0.3 is 19.7 Å². The average molecular weight is 285 g/mol. The van der Waals surface area contributed by atoms with Crippen LogP contribution in [0.2, 0.25) is 0 Å². The molecule has 1 aliphatic heterocycles. The molecule has 1 saturated heterocycles. The number of unbranched alkanes of at least 4 members (excludes halogenated alkanes) is 1. The summed E-state index contributed by atoms with van der Waals surface area (Å²) >= 11 is 0. The minimum absolute atomic E-state index is 0.410. The van der Waals surface area contributed by atoms with Crippen LogP contribution >= 0.6 is 0 Å². The quantitative estimate of drug-likeness (QED) is 0.419. The Bertz CT molecular complexity index is 293. The van der Waals surface area contributed by atoms with Crippen LogP contribution < -0.4 is 5.32 Å². The third kappa shape index (κ3) is 6.57. The van der Waals surface area contributed by atoms with Gasteiger partial charge in [0.25, 0.3) is 0 Å². The van der Waals surface area contributed by atoms with E-state index in [2.05, 4.69) is 29.1 Å².